The number of nitrogens with zero attached hydrogens (tertiary/aromatic N) is 2. The van der Waals surface area contributed by atoms with Gasteiger partial charge in [-0.1, -0.05) is 6.42 Å². The molecule has 0 aromatic rings. The summed E-state index contributed by atoms with van der Waals surface area (Å²) in [4.78, 5) is 4.92. The molecule has 90 valence electrons. The Morgan fingerprint density at radius 2 is 1.73 bits per heavy atom. The SMILES string of the molecule is CN(C)CCCN(CCCN)C1CCC1. The van der Waals surface area contributed by atoms with Crippen molar-refractivity contribution in [1.82, 2.24) is 9.80 Å². The van der Waals surface area contributed by atoms with E-state index in [9.17, 15) is 0 Å². The molecule has 0 atom stereocenters. The van der Waals surface area contributed by atoms with E-state index in [2.05, 4.69) is 23.9 Å². The van der Waals surface area contributed by atoms with Gasteiger partial charge >= 0.3 is 0 Å². The lowest BCUT2D eigenvalue weighted by Crippen LogP contribution is -2.42. The quantitative estimate of drug-likeness (QED) is 0.656. The average Bonchev–Trinajstić information content (AvgIpc) is 2.10. The molecular formula is C12H27N3. The molecule has 0 saturated heterocycles. The maximum Gasteiger partial charge on any atom is 0.00952 e. The Labute approximate surface area is 94.6 Å². The normalized spacial score (nSPS) is 17.4. The first-order chi connectivity index (χ1) is 7.24. The first-order valence-electron chi connectivity index (χ1n) is 6.33. The van der Waals surface area contributed by atoms with Crippen molar-refractivity contribution in [3.05, 3.63) is 0 Å². The summed E-state index contributed by atoms with van der Waals surface area (Å²) in [7, 11) is 4.29. The lowest BCUT2D eigenvalue weighted by molar-refractivity contribution is 0.121. The molecule has 1 aliphatic rings. The fourth-order valence-corrected chi connectivity index (χ4v) is 2.11. The summed E-state index contributed by atoms with van der Waals surface area (Å²) in [6.45, 7) is 4.49. The van der Waals surface area contributed by atoms with E-state index in [0.717, 1.165) is 19.0 Å². The van der Waals surface area contributed by atoms with Gasteiger partial charge in [-0.15, -0.1) is 0 Å². The standard InChI is InChI=1S/C12H27N3/c1-14(2)9-5-11-15(10-4-8-13)12-6-3-7-12/h12H,3-11,13H2,1-2H3. The van der Waals surface area contributed by atoms with Gasteiger partial charge in [0.05, 0.1) is 0 Å². The Bertz CT molecular complexity index is 155. The van der Waals surface area contributed by atoms with Crippen molar-refractivity contribution in [3.63, 3.8) is 0 Å². The van der Waals surface area contributed by atoms with E-state index in [1.54, 1.807) is 0 Å². The minimum Gasteiger partial charge on any atom is -0.330 e. The van der Waals surface area contributed by atoms with Crippen LogP contribution in [0.4, 0.5) is 0 Å². The first-order valence-corrected chi connectivity index (χ1v) is 6.33. The minimum absolute atomic E-state index is 0.830. The van der Waals surface area contributed by atoms with Crippen LogP contribution >= 0.6 is 0 Å². The monoisotopic (exact) mass is 213 g/mol. The number of nitrogens with two attached hydrogens (primary N) is 1. The van der Waals surface area contributed by atoms with Crippen molar-refractivity contribution in [2.24, 2.45) is 5.73 Å². The van der Waals surface area contributed by atoms with Crippen LogP contribution in [0.15, 0.2) is 0 Å². The predicted octanol–water partition coefficient (Wildman–Crippen LogP) is 1.14. The Morgan fingerprint density at radius 1 is 1.07 bits per heavy atom. The van der Waals surface area contributed by atoms with Crippen molar-refractivity contribution >= 4 is 0 Å². The third-order valence-electron chi connectivity index (χ3n) is 3.29. The molecule has 0 radical (unpaired) electrons. The summed E-state index contributed by atoms with van der Waals surface area (Å²) >= 11 is 0. The van der Waals surface area contributed by atoms with Crippen LogP contribution in [0.2, 0.25) is 0 Å². The van der Waals surface area contributed by atoms with Gasteiger partial charge in [0, 0.05) is 6.04 Å². The average molecular weight is 213 g/mol. The van der Waals surface area contributed by atoms with E-state index in [1.165, 1.54) is 45.3 Å². The van der Waals surface area contributed by atoms with Gasteiger partial charge < -0.3 is 15.5 Å². The van der Waals surface area contributed by atoms with Gasteiger partial charge in [-0.3, -0.25) is 0 Å². The maximum absolute atomic E-state index is 5.58. The summed E-state index contributed by atoms with van der Waals surface area (Å²) in [6.07, 6.45) is 6.68. The van der Waals surface area contributed by atoms with Crippen LogP contribution in [0.25, 0.3) is 0 Å². The van der Waals surface area contributed by atoms with E-state index in [0.29, 0.717) is 0 Å². The molecule has 1 rings (SSSR count). The second-order valence-electron chi connectivity index (χ2n) is 4.92. The number of hydrogen-bond donors (Lipinski definition) is 1. The van der Waals surface area contributed by atoms with Crippen LogP contribution < -0.4 is 5.73 Å². The molecule has 15 heavy (non-hydrogen) atoms. The van der Waals surface area contributed by atoms with Gasteiger partial charge in [-0.05, 0) is 66.0 Å². The van der Waals surface area contributed by atoms with Crippen molar-refractivity contribution in [2.45, 2.75) is 38.1 Å². The lowest BCUT2D eigenvalue weighted by Gasteiger charge is -2.37. The van der Waals surface area contributed by atoms with E-state index in [-0.39, 0.29) is 0 Å². The highest BCUT2D eigenvalue weighted by atomic mass is 15.2. The van der Waals surface area contributed by atoms with Crippen LogP contribution in [0.3, 0.4) is 0 Å². The van der Waals surface area contributed by atoms with E-state index >= 15 is 0 Å². The Balaban J connectivity index is 2.16. The molecule has 0 spiro atoms. The topological polar surface area (TPSA) is 32.5 Å². The molecular weight excluding hydrogens is 186 g/mol. The predicted molar refractivity (Wildman–Crippen MR) is 66.1 cm³/mol. The zero-order chi connectivity index (χ0) is 11.1. The number of hydrogen-bond acceptors (Lipinski definition) is 3. The summed E-state index contributed by atoms with van der Waals surface area (Å²) in [5, 5.41) is 0. The molecule has 0 aliphatic heterocycles. The molecule has 0 bridgehead atoms. The highest BCUT2D eigenvalue weighted by Crippen LogP contribution is 2.24. The lowest BCUT2D eigenvalue weighted by atomic mass is 9.91. The Kier molecular flexibility index (Phi) is 6.22. The zero-order valence-corrected chi connectivity index (χ0v) is 10.4. The van der Waals surface area contributed by atoms with Crippen LogP contribution in [-0.4, -0.2) is 56.1 Å². The van der Waals surface area contributed by atoms with Gasteiger partial charge in [0.15, 0.2) is 0 Å². The Hall–Kier alpha value is -0.120. The van der Waals surface area contributed by atoms with Gasteiger partial charge in [-0.25, -0.2) is 0 Å². The second kappa shape index (κ2) is 7.20. The fraction of sp³-hybridized carbons (Fsp3) is 1.00. The van der Waals surface area contributed by atoms with Crippen LogP contribution in [0.1, 0.15) is 32.1 Å². The van der Waals surface area contributed by atoms with Crippen LogP contribution in [0, 0.1) is 0 Å². The molecule has 0 aromatic heterocycles. The van der Waals surface area contributed by atoms with Crippen molar-refractivity contribution < 1.29 is 0 Å². The second-order valence-corrected chi connectivity index (χ2v) is 4.92. The van der Waals surface area contributed by atoms with Crippen molar-refractivity contribution in [3.8, 4) is 0 Å². The molecule has 1 saturated carbocycles. The fourth-order valence-electron chi connectivity index (χ4n) is 2.11. The highest BCUT2D eigenvalue weighted by Gasteiger charge is 2.23. The third kappa shape index (κ3) is 4.96. The van der Waals surface area contributed by atoms with Gasteiger partial charge in [0.25, 0.3) is 0 Å². The molecule has 0 unspecified atom stereocenters. The van der Waals surface area contributed by atoms with E-state index in [1.807, 2.05) is 0 Å². The molecule has 3 heteroatoms. The zero-order valence-electron chi connectivity index (χ0n) is 10.4. The molecule has 3 nitrogen and oxygen atoms in total. The molecule has 0 aromatic carbocycles. The highest BCUT2D eigenvalue weighted by molar-refractivity contribution is 4.80. The molecule has 2 N–H and O–H groups in total. The third-order valence-corrected chi connectivity index (χ3v) is 3.29. The van der Waals surface area contributed by atoms with E-state index < -0.39 is 0 Å². The van der Waals surface area contributed by atoms with Gasteiger partial charge in [-0.2, -0.15) is 0 Å². The number of rotatable bonds is 8. The first kappa shape index (κ1) is 12.9. The van der Waals surface area contributed by atoms with Crippen LogP contribution in [-0.2, 0) is 0 Å². The van der Waals surface area contributed by atoms with Gasteiger partial charge in [0.1, 0.15) is 0 Å². The van der Waals surface area contributed by atoms with E-state index in [4.69, 9.17) is 5.73 Å². The summed E-state index contributed by atoms with van der Waals surface area (Å²) in [5.74, 6) is 0. The van der Waals surface area contributed by atoms with Gasteiger partial charge in [0.2, 0.25) is 0 Å². The largest absolute Gasteiger partial charge is 0.330 e. The minimum atomic E-state index is 0.830. The van der Waals surface area contributed by atoms with Crippen molar-refractivity contribution in [1.29, 1.82) is 0 Å². The molecule has 0 amide bonds. The molecule has 1 aliphatic carbocycles. The molecule has 1 fully saturated rings. The Morgan fingerprint density at radius 3 is 2.20 bits per heavy atom. The maximum atomic E-state index is 5.58. The summed E-state index contributed by atoms with van der Waals surface area (Å²) < 4.78 is 0. The van der Waals surface area contributed by atoms with Crippen molar-refractivity contribution in [2.75, 3.05) is 40.3 Å². The summed E-state index contributed by atoms with van der Waals surface area (Å²) in [5.41, 5.74) is 5.58. The summed E-state index contributed by atoms with van der Waals surface area (Å²) in [6, 6.07) is 0.874. The molecule has 0 heterocycles. The smallest absolute Gasteiger partial charge is 0.00952 e. The van der Waals surface area contributed by atoms with Crippen LogP contribution in [0.5, 0.6) is 0 Å².